The minimum absolute atomic E-state index is 0.00758. The molecule has 1 aliphatic rings. The maximum atomic E-state index is 12.3. The largest absolute Gasteiger partial charge is 0.484 e. The lowest BCUT2D eigenvalue weighted by Crippen LogP contribution is -2.40. The number of amides is 1. The van der Waals surface area contributed by atoms with Gasteiger partial charge < -0.3 is 14.1 Å². The van der Waals surface area contributed by atoms with Crippen molar-refractivity contribution >= 4 is 16.9 Å². The van der Waals surface area contributed by atoms with Crippen LogP contribution in [0, 0.1) is 5.92 Å². The van der Waals surface area contributed by atoms with E-state index in [1.807, 2.05) is 17.0 Å². The number of likely N-dealkylation sites (tertiary alicyclic amines) is 1. The molecule has 1 aromatic carbocycles. The zero-order valence-corrected chi connectivity index (χ0v) is 14.9. The summed E-state index contributed by atoms with van der Waals surface area (Å²) in [5.41, 5.74) is 1.14. The fourth-order valence-electron chi connectivity index (χ4n) is 3.27. The normalized spacial score (nSPS) is 15.5. The molecule has 0 spiro atoms. The van der Waals surface area contributed by atoms with Crippen molar-refractivity contribution in [2.75, 3.05) is 19.7 Å². The lowest BCUT2D eigenvalue weighted by molar-refractivity contribution is -0.134. The van der Waals surface area contributed by atoms with Gasteiger partial charge in [-0.05, 0) is 42.9 Å². The summed E-state index contributed by atoms with van der Waals surface area (Å²) in [6.45, 7) is 5.91. The minimum Gasteiger partial charge on any atom is -0.484 e. The summed E-state index contributed by atoms with van der Waals surface area (Å²) in [7, 11) is 0. The van der Waals surface area contributed by atoms with Crippen molar-refractivity contribution in [3.8, 4) is 5.75 Å². The first kappa shape index (κ1) is 17.5. The molecule has 2 aromatic rings. The van der Waals surface area contributed by atoms with E-state index >= 15 is 0 Å². The number of aryl methyl sites for hydroxylation is 1. The molecule has 0 saturated carbocycles. The molecular formula is C20H25NO4. The molecular weight excluding hydrogens is 318 g/mol. The van der Waals surface area contributed by atoms with Crippen molar-refractivity contribution in [3.05, 3.63) is 40.2 Å². The number of piperidine rings is 1. The highest BCUT2D eigenvalue weighted by Crippen LogP contribution is 2.24. The van der Waals surface area contributed by atoms with Crippen LogP contribution in [0.4, 0.5) is 0 Å². The van der Waals surface area contributed by atoms with E-state index in [-0.39, 0.29) is 18.1 Å². The van der Waals surface area contributed by atoms with Crippen LogP contribution in [0.25, 0.3) is 11.0 Å². The maximum Gasteiger partial charge on any atom is 0.336 e. The summed E-state index contributed by atoms with van der Waals surface area (Å²) in [6, 6.07) is 6.97. The maximum absolute atomic E-state index is 12.3. The van der Waals surface area contributed by atoms with Gasteiger partial charge in [0.15, 0.2) is 6.61 Å². The van der Waals surface area contributed by atoms with E-state index in [1.165, 1.54) is 0 Å². The first-order valence-electron chi connectivity index (χ1n) is 9.04. The molecule has 1 amide bonds. The Morgan fingerprint density at radius 3 is 2.76 bits per heavy atom. The molecule has 25 heavy (non-hydrogen) atoms. The van der Waals surface area contributed by atoms with Crippen molar-refractivity contribution in [2.24, 2.45) is 5.92 Å². The van der Waals surface area contributed by atoms with Crippen LogP contribution in [-0.4, -0.2) is 30.5 Å². The number of ether oxygens (including phenoxy) is 1. The molecule has 1 saturated heterocycles. The van der Waals surface area contributed by atoms with Crippen molar-refractivity contribution in [2.45, 2.75) is 39.5 Å². The second-order valence-corrected chi connectivity index (χ2v) is 6.85. The van der Waals surface area contributed by atoms with Crippen LogP contribution in [0.2, 0.25) is 0 Å². The minimum atomic E-state index is -0.355. The third kappa shape index (κ3) is 4.21. The molecule has 0 aliphatic carbocycles. The molecule has 3 rings (SSSR count). The molecule has 1 fully saturated rings. The highest BCUT2D eigenvalue weighted by molar-refractivity contribution is 5.82. The third-order valence-electron chi connectivity index (χ3n) is 4.82. The molecule has 0 bridgehead atoms. The number of benzene rings is 1. The Kier molecular flexibility index (Phi) is 5.41. The number of carbonyl (C=O) groups excluding carboxylic acids is 1. The summed E-state index contributed by atoms with van der Waals surface area (Å²) < 4.78 is 10.9. The highest BCUT2D eigenvalue weighted by Gasteiger charge is 2.20. The van der Waals surface area contributed by atoms with Crippen LogP contribution >= 0.6 is 0 Å². The molecule has 0 unspecified atom stereocenters. The third-order valence-corrected chi connectivity index (χ3v) is 4.82. The fraction of sp³-hybridized carbons (Fsp3) is 0.500. The zero-order chi connectivity index (χ0) is 17.8. The number of fused-ring (bicyclic) bond motifs is 1. The standard InChI is InChI=1S/C20H25NO4/c1-3-4-15-11-20(23)25-18-12-16(5-6-17(15)18)24-13-19(22)21-9-7-14(2)8-10-21/h5-6,11-12,14H,3-4,7-10,13H2,1-2H3. The molecule has 0 atom stereocenters. The van der Waals surface area contributed by atoms with Crippen LogP contribution in [0.3, 0.4) is 0 Å². The Morgan fingerprint density at radius 2 is 2.04 bits per heavy atom. The number of nitrogens with zero attached hydrogens (tertiary/aromatic N) is 1. The SMILES string of the molecule is CCCc1cc(=O)oc2cc(OCC(=O)N3CCC(C)CC3)ccc12. The van der Waals surface area contributed by atoms with Crippen LogP contribution in [0.5, 0.6) is 5.75 Å². The van der Waals surface area contributed by atoms with Crippen LogP contribution < -0.4 is 10.4 Å². The number of hydrogen-bond donors (Lipinski definition) is 0. The lowest BCUT2D eigenvalue weighted by Gasteiger charge is -2.30. The van der Waals surface area contributed by atoms with E-state index in [1.54, 1.807) is 12.1 Å². The molecule has 0 N–H and O–H groups in total. The molecule has 5 nitrogen and oxygen atoms in total. The van der Waals surface area contributed by atoms with Gasteiger partial charge in [0.2, 0.25) is 0 Å². The summed E-state index contributed by atoms with van der Waals surface area (Å²) in [4.78, 5) is 25.8. The van der Waals surface area contributed by atoms with E-state index in [2.05, 4.69) is 13.8 Å². The van der Waals surface area contributed by atoms with Gasteiger partial charge in [-0.3, -0.25) is 4.79 Å². The summed E-state index contributed by atoms with van der Waals surface area (Å²) in [6.07, 6.45) is 3.88. The van der Waals surface area contributed by atoms with Crippen molar-refractivity contribution < 1.29 is 13.9 Å². The zero-order valence-electron chi connectivity index (χ0n) is 14.9. The van der Waals surface area contributed by atoms with Crippen molar-refractivity contribution in [1.82, 2.24) is 4.90 Å². The lowest BCUT2D eigenvalue weighted by atomic mass is 9.99. The predicted molar refractivity (Wildman–Crippen MR) is 97.0 cm³/mol. The van der Waals surface area contributed by atoms with E-state index in [0.717, 1.165) is 49.7 Å². The summed E-state index contributed by atoms with van der Waals surface area (Å²) in [5.74, 6) is 1.24. The van der Waals surface area contributed by atoms with Crippen molar-refractivity contribution in [3.63, 3.8) is 0 Å². The van der Waals surface area contributed by atoms with Gasteiger partial charge in [0, 0.05) is 30.6 Å². The van der Waals surface area contributed by atoms with Gasteiger partial charge in [0.25, 0.3) is 5.91 Å². The van der Waals surface area contributed by atoms with Gasteiger partial charge in [-0.1, -0.05) is 20.3 Å². The number of rotatable bonds is 5. The Hall–Kier alpha value is -2.30. The van der Waals surface area contributed by atoms with E-state index in [9.17, 15) is 9.59 Å². The second kappa shape index (κ2) is 7.72. The van der Waals surface area contributed by atoms with Gasteiger partial charge >= 0.3 is 5.63 Å². The molecule has 1 aromatic heterocycles. The Labute approximate surface area is 147 Å². The summed E-state index contributed by atoms with van der Waals surface area (Å²) in [5, 5.41) is 0.921. The molecule has 134 valence electrons. The Balaban J connectivity index is 1.70. The Bertz CT molecular complexity index is 803. The fourth-order valence-corrected chi connectivity index (χ4v) is 3.27. The average Bonchev–Trinajstić information content (AvgIpc) is 2.60. The molecule has 0 radical (unpaired) electrons. The van der Waals surface area contributed by atoms with E-state index in [0.29, 0.717) is 17.3 Å². The first-order chi connectivity index (χ1) is 12.1. The predicted octanol–water partition coefficient (Wildman–Crippen LogP) is 3.38. The van der Waals surface area contributed by atoms with E-state index < -0.39 is 0 Å². The van der Waals surface area contributed by atoms with Gasteiger partial charge in [0.05, 0.1) is 0 Å². The summed E-state index contributed by atoms with van der Waals surface area (Å²) >= 11 is 0. The smallest absolute Gasteiger partial charge is 0.336 e. The number of hydrogen-bond acceptors (Lipinski definition) is 4. The van der Waals surface area contributed by atoms with E-state index in [4.69, 9.17) is 9.15 Å². The first-order valence-corrected chi connectivity index (χ1v) is 9.04. The van der Waals surface area contributed by atoms with Gasteiger partial charge in [0.1, 0.15) is 11.3 Å². The average molecular weight is 343 g/mol. The highest BCUT2D eigenvalue weighted by atomic mass is 16.5. The molecule has 2 heterocycles. The van der Waals surface area contributed by atoms with Gasteiger partial charge in [-0.15, -0.1) is 0 Å². The second-order valence-electron chi connectivity index (χ2n) is 6.85. The van der Waals surface area contributed by atoms with Crippen LogP contribution in [-0.2, 0) is 11.2 Å². The molecule has 1 aliphatic heterocycles. The molecule has 5 heteroatoms. The van der Waals surface area contributed by atoms with Crippen LogP contribution in [0.15, 0.2) is 33.5 Å². The number of carbonyl (C=O) groups is 1. The van der Waals surface area contributed by atoms with Crippen molar-refractivity contribution in [1.29, 1.82) is 0 Å². The quantitative estimate of drug-likeness (QED) is 0.781. The monoisotopic (exact) mass is 343 g/mol. The van der Waals surface area contributed by atoms with Gasteiger partial charge in [-0.25, -0.2) is 4.79 Å². The van der Waals surface area contributed by atoms with Crippen LogP contribution in [0.1, 0.15) is 38.7 Å². The topological polar surface area (TPSA) is 59.8 Å². The Morgan fingerprint density at radius 1 is 1.28 bits per heavy atom. The van der Waals surface area contributed by atoms with Gasteiger partial charge in [-0.2, -0.15) is 0 Å².